The number of fused-ring (bicyclic) bond motifs is 1. The molecule has 4 aromatic rings. The van der Waals surface area contributed by atoms with E-state index in [-0.39, 0.29) is 17.3 Å². The van der Waals surface area contributed by atoms with E-state index >= 15 is 0 Å². The number of rotatable bonds is 6. The average molecular weight is 514 g/mol. The van der Waals surface area contributed by atoms with Crippen LogP contribution in [-0.4, -0.2) is 48.1 Å². The third-order valence-electron chi connectivity index (χ3n) is 6.71. The lowest BCUT2D eigenvalue weighted by Gasteiger charge is -2.24. The molecule has 0 aliphatic carbocycles. The van der Waals surface area contributed by atoms with Crippen LogP contribution >= 0.6 is 0 Å². The number of imidazole rings is 1. The maximum atomic E-state index is 13.5. The summed E-state index contributed by atoms with van der Waals surface area (Å²) in [6, 6.07) is 14.9. The second kappa shape index (κ2) is 9.59. The van der Waals surface area contributed by atoms with Crippen LogP contribution in [0.4, 0.5) is 5.95 Å². The summed E-state index contributed by atoms with van der Waals surface area (Å²) >= 11 is 0. The fourth-order valence-electron chi connectivity index (χ4n) is 4.79. The van der Waals surface area contributed by atoms with E-state index < -0.39 is 17.7 Å². The van der Waals surface area contributed by atoms with E-state index in [9.17, 15) is 14.7 Å². The molecule has 1 amide bonds. The third kappa shape index (κ3) is 4.02. The lowest BCUT2D eigenvalue weighted by molar-refractivity contribution is -0.132. The van der Waals surface area contributed by atoms with Crippen LogP contribution in [0.15, 0.2) is 60.2 Å². The molecule has 0 spiro atoms. The number of aryl methyl sites for hydroxylation is 2. The number of aromatic nitrogens is 2. The van der Waals surface area contributed by atoms with Crippen molar-refractivity contribution in [3.63, 3.8) is 0 Å². The largest absolute Gasteiger partial charge is 0.507 e. The maximum absolute atomic E-state index is 13.5. The molecule has 0 bridgehead atoms. The number of hydrogen-bond donors (Lipinski definition) is 2. The number of aromatic amines is 1. The van der Waals surface area contributed by atoms with Crippen molar-refractivity contribution in [2.45, 2.75) is 19.9 Å². The van der Waals surface area contributed by atoms with E-state index in [0.29, 0.717) is 39.5 Å². The van der Waals surface area contributed by atoms with Gasteiger partial charge in [-0.3, -0.25) is 14.5 Å². The number of aliphatic hydroxyl groups is 1. The van der Waals surface area contributed by atoms with E-state index in [1.54, 1.807) is 50.4 Å². The monoisotopic (exact) mass is 513 g/mol. The van der Waals surface area contributed by atoms with E-state index in [1.165, 1.54) is 19.1 Å². The maximum Gasteiger partial charge on any atom is 0.302 e. The van der Waals surface area contributed by atoms with Crippen LogP contribution in [0.2, 0.25) is 0 Å². The fraction of sp³-hybridized carbons (Fsp3) is 0.207. The van der Waals surface area contributed by atoms with Crippen LogP contribution in [0, 0.1) is 13.8 Å². The summed E-state index contributed by atoms with van der Waals surface area (Å²) in [5.41, 5.74) is 3.94. The summed E-state index contributed by atoms with van der Waals surface area (Å²) in [6.07, 6.45) is 0. The molecule has 9 heteroatoms. The van der Waals surface area contributed by atoms with Gasteiger partial charge in [0.05, 0.1) is 44.0 Å². The zero-order chi connectivity index (χ0) is 27.1. The predicted molar refractivity (Wildman–Crippen MR) is 143 cm³/mol. The molecule has 194 valence electrons. The average Bonchev–Trinajstić information content (AvgIpc) is 3.45. The Balaban J connectivity index is 1.75. The van der Waals surface area contributed by atoms with Crippen molar-refractivity contribution >= 4 is 34.4 Å². The Bertz CT molecular complexity index is 1620. The van der Waals surface area contributed by atoms with Gasteiger partial charge < -0.3 is 24.3 Å². The first-order valence-electron chi connectivity index (χ1n) is 11.9. The zero-order valence-corrected chi connectivity index (χ0v) is 21.7. The number of nitrogens with one attached hydrogen (secondary N) is 1. The quantitative estimate of drug-likeness (QED) is 0.216. The summed E-state index contributed by atoms with van der Waals surface area (Å²) in [7, 11) is 4.57. The Kier molecular flexibility index (Phi) is 6.28. The van der Waals surface area contributed by atoms with Gasteiger partial charge in [-0.25, -0.2) is 4.98 Å². The molecular formula is C29H27N3O6. The van der Waals surface area contributed by atoms with Gasteiger partial charge in [-0.05, 0) is 73.0 Å². The van der Waals surface area contributed by atoms with Gasteiger partial charge >= 0.3 is 5.91 Å². The van der Waals surface area contributed by atoms with Crippen molar-refractivity contribution in [1.82, 2.24) is 9.97 Å². The molecule has 3 aromatic carbocycles. The zero-order valence-electron chi connectivity index (χ0n) is 21.7. The molecule has 2 heterocycles. The number of aliphatic hydroxyl groups excluding tert-OH is 1. The number of carbonyl (C=O) groups is 2. The van der Waals surface area contributed by atoms with Gasteiger partial charge in [0.2, 0.25) is 5.95 Å². The molecule has 1 aliphatic rings. The number of anilines is 1. The number of nitrogens with zero attached hydrogens (tertiary/aromatic N) is 2. The standard InChI is InChI=1S/C29H27N3O6/c1-15-6-10-20-21(12-15)31-29(30-20)32-25(17-7-11-22(37-4)23(14-17)38-5)24(27(34)28(32)35)26(33)19-9-8-18(36-3)13-16(19)2/h6-14,25,33H,1-5H3,(H,30,31)/b26-24+. The summed E-state index contributed by atoms with van der Waals surface area (Å²) in [6.45, 7) is 3.74. The number of ketones is 1. The van der Waals surface area contributed by atoms with Crippen LogP contribution < -0.4 is 19.1 Å². The van der Waals surface area contributed by atoms with Crippen LogP contribution in [-0.2, 0) is 9.59 Å². The highest BCUT2D eigenvalue weighted by molar-refractivity contribution is 6.51. The molecule has 0 radical (unpaired) electrons. The Morgan fingerprint density at radius 2 is 1.68 bits per heavy atom. The number of benzene rings is 3. The third-order valence-corrected chi connectivity index (χ3v) is 6.71. The minimum Gasteiger partial charge on any atom is -0.507 e. The minimum absolute atomic E-state index is 0.0628. The fourth-order valence-corrected chi connectivity index (χ4v) is 4.79. The number of ether oxygens (including phenoxy) is 3. The molecule has 1 atom stereocenters. The van der Waals surface area contributed by atoms with Crippen LogP contribution in [0.1, 0.15) is 28.3 Å². The van der Waals surface area contributed by atoms with Crippen LogP contribution in [0.5, 0.6) is 17.2 Å². The van der Waals surface area contributed by atoms with Gasteiger partial charge in [-0.1, -0.05) is 12.1 Å². The van der Waals surface area contributed by atoms with Gasteiger partial charge in [-0.15, -0.1) is 0 Å². The SMILES string of the molecule is COc1ccc(/C(O)=C2\C(=O)C(=O)N(c3nc4ccc(C)cc4[nH]3)C2c2ccc(OC)c(OC)c2)c(C)c1. The van der Waals surface area contributed by atoms with E-state index in [1.807, 2.05) is 25.1 Å². The number of amides is 1. The lowest BCUT2D eigenvalue weighted by Crippen LogP contribution is -2.30. The second-order valence-electron chi connectivity index (χ2n) is 9.05. The normalized spacial score (nSPS) is 16.8. The molecule has 38 heavy (non-hydrogen) atoms. The molecule has 9 nitrogen and oxygen atoms in total. The number of H-pyrrole nitrogens is 1. The number of Topliss-reactive ketones (excluding diaryl/α,β-unsaturated/α-hetero) is 1. The van der Waals surface area contributed by atoms with Gasteiger partial charge in [0.15, 0.2) is 11.5 Å². The van der Waals surface area contributed by atoms with Crippen molar-refractivity contribution in [2.24, 2.45) is 0 Å². The first-order valence-corrected chi connectivity index (χ1v) is 11.9. The van der Waals surface area contributed by atoms with Crippen molar-refractivity contribution in [1.29, 1.82) is 0 Å². The van der Waals surface area contributed by atoms with Crippen molar-refractivity contribution in [3.8, 4) is 17.2 Å². The van der Waals surface area contributed by atoms with Crippen LogP contribution in [0.3, 0.4) is 0 Å². The van der Waals surface area contributed by atoms with E-state index in [0.717, 1.165) is 11.1 Å². The Labute approximate surface area is 219 Å². The lowest BCUT2D eigenvalue weighted by atomic mass is 9.93. The molecule has 1 fully saturated rings. The van der Waals surface area contributed by atoms with Crippen molar-refractivity contribution in [3.05, 3.63) is 82.4 Å². The first kappa shape index (κ1) is 24.9. The molecule has 1 aliphatic heterocycles. The number of carbonyl (C=O) groups excluding carboxylic acids is 2. The highest BCUT2D eigenvalue weighted by Gasteiger charge is 2.48. The Morgan fingerprint density at radius 3 is 2.37 bits per heavy atom. The summed E-state index contributed by atoms with van der Waals surface area (Å²) in [4.78, 5) is 36.1. The molecule has 2 N–H and O–H groups in total. The molecule has 5 rings (SSSR count). The van der Waals surface area contributed by atoms with E-state index in [2.05, 4.69) is 9.97 Å². The highest BCUT2D eigenvalue weighted by atomic mass is 16.5. The molecular weight excluding hydrogens is 486 g/mol. The minimum atomic E-state index is -0.988. The van der Waals surface area contributed by atoms with Crippen LogP contribution in [0.25, 0.3) is 16.8 Å². The Morgan fingerprint density at radius 1 is 0.921 bits per heavy atom. The summed E-state index contributed by atoms with van der Waals surface area (Å²) < 4.78 is 16.1. The van der Waals surface area contributed by atoms with Gasteiger partial charge in [0.1, 0.15) is 11.5 Å². The first-order chi connectivity index (χ1) is 18.3. The molecule has 1 aromatic heterocycles. The predicted octanol–water partition coefficient (Wildman–Crippen LogP) is 4.83. The molecule has 1 unspecified atom stereocenters. The summed E-state index contributed by atoms with van der Waals surface area (Å²) in [5.74, 6) is -0.235. The van der Waals surface area contributed by atoms with Crippen molar-refractivity contribution in [2.75, 3.05) is 26.2 Å². The summed E-state index contributed by atoms with van der Waals surface area (Å²) in [5, 5.41) is 11.5. The molecule has 1 saturated heterocycles. The van der Waals surface area contributed by atoms with Crippen molar-refractivity contribution < 1.29 is 28.9 Å². The number of hydrogen-bond acceptors (Lipinski definition) is 7. The highest BCUT2D eigenvalue weighted by Crippen LogP contribution is 2.44. The second-order valence-corrected chi connectivity index (χ2v) is 9.05. The van der Waals surface area contributed by atoms with Gasteiger partial charge in [0.25, 0.3) is 5.78 Å². The topological polar surface area (TPSA) is 114 Å². The smallest absolute Gasteiger partial charge is 0.302 e. The van der Waals surface area contributed by atoms with E-state index in [4.69, 9.17) is 14.2 Å². The number of methoxy groups -OCH3 is 3. The van der Waals surface area contributed by atoms with Gasteiger partial charge in [-0.2, -0.15) is 0 Å². The Hall–Kier alpha value is -4.79. The van der Waals surface area contributed by atoms with Gasteiger partial charge in [0, 0.05) is 5.56 Å². The molecule has 0 saturated carbocycles.